The largest absolute Gasteiger partial charge is 0.493 e. The lowest BCUT2D eigenvalue weighted by Crippen LogP contribution is -2.15. The lowest BCUT2D eigenvalue weighted by molar-refractivity contribution is 0.223. The van der Waals surface area contributed by atoms with Gasteiger partial charge in [0.15, 0.2) is 23.1 Å². The predicted molar refractivity (Wildman–Crippen MR) is 140 cm³/mol. The van der Waals surface area contributed by atoms with Crippen molar-refractivity contribution in [2.45, 2.75) is 20.0 Å². The fourth-order valence-electron chi connectivity index (χ4n) is 3.12. The quantitative estimate of drug-likeness (QED) is 0.310. The highest BCUT2D eigenvalue weighted by Gasteiger charge is 2.24. The van der Waals surface area contributed by atoms with Gasteiger partial charge in [-0.2, -0.15) is 4.98 Å². The molecule has 10 nitrogen and oxygen atoms in total. The minimum absolute atomic E-state index is 0.00287. The molecule has 2 aromatic heterocycles. The van der Waals surface area contributed by atoms with Crippen LogP contribution in [0.2, 0.25) is 0 Å². The van der Waals surface area contributed by atoms with E-state index in [0.29, 0.717) is 17.1 Å². The fourth-order valence-corrected chi connectivity index (χ4v) is 3.94. The standard InChI is InChI=1S/C26H25N5O5S/c1-18(2)35-26-22(36-21-13-8-7-12-20(21)34-3)23(29-25(30-26)24-27-15-9-16-28-24)31-37(32,33)17-14-19-10-5-4-6-11-19/h4-18H,1-3H3,(H,29,30,31)/b17-14+. The average Bonchev–Trinajstić information content (AvgIpc) is 2.90. The molecule has 2 heterocycles. The van der Waals surface area contributed by atoms with E-state index in [1.54, 1.807) is 56.3 Å². The number of methoxy groups -OCH3 is 1. The van der Waals surface area contributed by atoms with Crippen LogP contribution in [0.5, 0.6) is 23.1 Å². The molecule has 0 radical (unpaired) electrons. The van der Waals surface area contributed by atoms with Crippen LogP contribution in [-0.2, 0) is 10.0 Å². The van der Waals surface area contributed by atoms with Gasteiger partial charge < -0.3 is 14.2 Å². The smallest absolute Gasteiger partial charge is 0.264 e. The second-order valence-electron chi connectivity index (χ2n) is 7.88. The molecule has 1 N–H and O–H groups in total. The van der Waals surface area contributed by atoms with E-state index in [1.165, 1.54) is 25.6 Å². The third-order valence-corrected chi connectivity index (χ3v) is 5.68. The highest BCUT2D eigenvalue weighted by atomic mass is 32.2. The minimum Gasteiger partial charge on any atom is -0.493 e. The highest BCUT2D eigenvalue weighted by Crippen LogP contribution is 2.41. The normalized spacial score (nSPS) is 11.5. The zero-order chi connectivity index (χ0) is 26.3. The zero-order valence-electron chi connectivity index (χ0n) is 20.4. The lowest BCUT2D eigenvalue weighted by Gasteiger charge is -2.18. The van der Waals surface area contributed by atoms with E-state index in [1.807, 2.05) is 18.2 Å². The highest BCUT2D eigenvalue weighted by molar-refractivity contribution is 7.95. The van der Waals surface area contributed by atoms with E-state index < -0.39 is 10.0 Å². The molecule has 0 saturated heterocycles. The summed E-state index contributed by atoms with van der Waals surface area (Å²) in [6, 6.07) is 17.6. The van der Waals surface area contributed by atoms with Crippen molar-refractivity contribution in [2.75, 3.05) is 11.8 Å². The molecule has 37 heavy (non-hydrogen) atoms. The number of aromatic nitrogens is 4. The van der Waals surface area contributed by atoms with Crippen molar-refractivity contribution in [1.29, 1.82) is 0 Å². The minimum atomic E-state index is -4.04. The average molecular weight is 520 g/mol. The van der Waals surface area contributed by atoms with Gasteiger partial charge in [0.1, 0.15) is 0 Å². The molecular weight excluding hydrogens is 494 g/mol. The summed E-state index contributed by atoms with van der Waals surface area (Å²) in [6.07, 6.45) is 4.21. The Hall–Kier alpha value is -4.51. The molecule has 0 bridgehead atoms. The van der Waals surface area contributed by atoms with Gasteiger partial charge in [0.25, 0.3) is 15.9 Å². The molecule has 190 valence electrons. The number of nitrogens with zero attached hydrogens (tertiary/aromatic N) is 4. The Morgan fingerprint density at radius 2 is 1.54 bits per heavy atom. The summed E-state index contributed by atoms with van der Waals surface area (Å²) in [6.45, 7) is 3.61. The van der Waals surface area contributed by atoms with Crippen molar-refractivity contribution >= 4 is 21.9 Å². The molecule has 0 atom stereocenters. The van der Waals surface area contributed by atoms with Crippen molar-refractivity contribution in [3.8, 4) is 34.8 Å². The first kappa shape index (κ1) is 25.6. The van der Waals surface area contributed by atoms with Crippen LogP contribution in [0.15, 0.2) is 78.5 Å². The fraction of sp³-hybridized carbons (Fsp3) is 0.154. The van der Waals surface area contributed by atoms with Crippen LogP contribution in [0.25, 0.3) is 17.7 Å². The molecular formula is C26H25N5O5S. The molecule has 4 aromatic rings. The number of para-hydroxylation sites is 2. The van der Waals surface area contributed by atoms with Crippen LogP contribution in [-0.4, -0.2) is 41.6 Å². The third-order valence-electron chi connectivity index (χ3n) is 4.71. The molecule has 11 heteroatoms. The van der Waals surface area contributed by atoms with Crippen LogP contribution in [0.1, 0.15) is 19.4 Å². The van der Waals surface area contributed by atoms with Crippen LogP contribution < -0.4 is 18.9 Å². The molecule has 0 aliphatic carbocycles. The molecule has 0 fully saturated rings. The maximum atomic E-state index is 13.1. The van der Waals surface area contributed by atoms with E-state index in [2.05, 4.69) is 24.7 Å². The first-order valence-electron chi connectivity index (χ1n) is 11.3. The van der Waals surface area contributed by atoms with E-state index in [-0.39, 0.29) is 35.2 Å². The Morgan fingerprint density at radius 3 is 2.22 bits per heavy atom. The predicted octanol–water partition coefficient (Wildman–Crippen LogP) is 4.93. The topological polar surface area (TPSA) is 125 Å². The number of hydrogen-bond acceptors (Lipinski definition) is 9. The summed E-state index contributed by atoms with van der Waals surface area (Å²) in [5.41, 5.74) is 0.711. The van der Waals surface area contributed by atoms with Crippen LogP contribution in [0.3, 0.4) is 0 Å². The maximum absolute atomic E-state index is 13.1. The first-order valence-corrected chi connectivity index (χ1v) is 12.8. The number of hydrogen-bond donors (Lipinski definition) is 1. The summed E-state index contributed by atoms with van der Waals surface area (Å²) >= 11 is 0. The van der Waals surface area contributed by atoms with Crippen molar-refractivity contribution in [3.05, 3.63) is 84.0 Å². The second kappa shape index (κ2) is 11.5. The monoisotopic (exact) mass is 519 g/mol. The SMILES string of the molecule is COc1ccccc1Oc1c(NS(=O)(=O)/C=C/c2ccccc2)nc(-c2ncccn2)nc1OC(C)C. The van der Waals surface area contributed by atoms with E-state index in [0.717, 1.165) is 5.41 Å². The summed E-state index contributed by atoms with van der Waals surface area (Å²) in [4.78, 5) is 17.2. The third kappa shape index (κ3) is 6.79. The Morgan fingerprint density at radius 1 is 0.865 bits per heavy atom. The maximum Gasteiger partial charge on any atom is 0.264 e. The van der Waals surface area contributed by atoms with Crippen LogP contribution in [0.4, 0.5) is 5.82 Å². The molecule has 0 aliphatic heterocycles. The molecule has 0 saturated carbocycles. The van der Waals surface area contributed by atoms with Gasteiger partial charge in [-0.05, 0) is 43.7 Å². The van der Waals surface area contributed by atoms with Crippen molar-refractivity contribution < 1.29 is 22.6 Å². The molecule has 0 aliphatic rings. The number of rotatable bonds is 10. The van der Waals surface area contributed by atoms with Gasteiger partial charge in [-0.3, -0.25) is 4.72 Å². The Labute approximate surface area is 215 Å². The summed E-state index contributed by atoms with van der Waals surface area (Å²) in [7, 11) is -2.54. The molecule has 0 unspecified atom stereocenters. The van der Waals surface area contributed by atoms with Crippen molar-refractivity contribution in [1.82, 2.24) is 19.9 Å². The van der Waals surface area contributed by atoms with Gasteiger partial charge in [-0.1, -0.05) is 42.5 Å². The van der Waals surface area contributed by atoms with Crippen LogP contribution >= 0.6 is 0 Å². The van der Waals surface area contributed by atoms with Gasteiger partial charge in [-0.25, -0.2) is 23.4 Å². The van der Waals surface area contributed by atoms with E-state index in [9.17, 15) is 8.42 Å². The van der Waals surface area contributed by atoms with Gasteiger partial charge in [0.2, 0.25) is 11.6 Å². The molecule has 2 aromatic carbocycles. The van der Waals surface area contributed by atoms with Crippen LogP contribution in [0, 0.1) is 0 Å². The Kier molecular flexibility index (Phi) is 7.94. The zero-order valence-corrected chi connectivity index (χ0v) is 21.2. The molecule has 0 spiro atoms. The van der Waals surface area contributed by atoms with Gasteiger partial charge >= 0.3 is 0 Å². The van der Waals surface area contributed by atoms with Crippen molar-refractivity contribution in [3.63, 3.8) is 0 Å². The number of sulfonamides is 1. The Bertz CT molecular complexity index is 1480. The number of benzene rings is 2. The molecule has 0 amide bonds. The number of anilines is 1. The summed E-state index contributed by atoms with van der Waals surface area (Å²) < 4.78 is 46.0. The second-order valence-corrected chi connectivity index (χ2v) is 9.45. The van der Waals surface area contributed by atoms with Gasteiger partial charge in [0.05, 0.1) is 18.6 Å². The summed E-state index contributed by atoms with van der Waals surface area (Å²) in [5, 5.41) is 1.04. The number of ether oxygens (including phenoxy) is 3. The lowest BCUT2D eigenvalue weighted by atomic mass is 10.2. The number of nitrogens with one attached hydrogen (secondary N) is 1. The van der Waals surface area contributed by atoms with E-state index >= 15 is 0 Å². The summed E-state index contributed by atoms with van der Waals surface area (Å²) in [5.74, 6) is 0.764. The van der Waals surface area contributed by atoms with E-state index in [4.69, 9.17) is 14.2 Å². The molecule has 4 rings (SSSR count). The van der Waals surface area contributed by atoms with Crippen molar-refractivity contribution in [2.24, 2.45) is 0 Å². The first-order chi connectivity index (χ1) is 17.8. The van der Waals surface area contributed by atoms with Gasteiger partial charge in [-0.15, -0.1) is 0 Å². The Balaban J connectivity index is 1.83. The van der Waals surface area contributed by atoms with Gasteiger partial charge in [0, 0.05) is 12.4 Å².